The fourth-order valence-electron chi connectivity index (χ4n) is 2.04. The second-order valence-corrected chi connectivity index (χ2v) is 4.21. The summed E-state index contributed by atoms with van der Waals surface area (Å²) in [5.74, 6) is 0.625. The molecular formula is C14H17NO3. The van der Waals surface area contributed by atoms with E-state index in [4.69, 9.17) is 9.84 Å². The van der Waals surface area contributed by atoms with Gasteiger partial charge in [-0.3, -0.25) is 4.79 Å². The number of amides is 1. The molecule has 0 saturated heterocycles. The van der Waals surface area contributed by atoms with E-state index in [1.165, 1.54) is 0 Å². The normalized spacial score (nSPS) is 18.2. The summed E-state index contributed by atoms with van der Waals surface area (Å²) in [4.78, 5) is 13.9. The van der Waals surface area contributed by atoms with Crippen LogP contribution in [0.15, 0.2) is 30.9 Å². The topological polar surface area (TPSA) is 49.8 Å². The third-order valence-corrected chi connectivity index (χ3v) is 2.99. The first kappa shape index (κ1) is 12.6. The molecule has 0 spiro atoms. The number of aliphatic hydroxyl groups is 1. The minimum absolute atomic E-state index is 0.0550. The van der Waals surface area contributed by atoms with Crippen molar-refractivity contribution in [3.8, 4) is 5.75 Å². The van der Waals surface area contributed by atoms with Crippen molar-refractivity contribution in [2.75, 3.05) is 11.4 Å². The Morgan fingerprint density at radius 2 is 2.33 bits per heavy atom. The monoisotopic (exact) mass is 247 g/mol. The van der Waals surface area contributed by atoms with E-state index in [-0.39, 0.29) is 12.5 Å². The van der Waals surface area contributed by atoms with E-state index in [1.807, 2.05) is 6.92 Å². The molecule has 0 bridgehead atoms. The summed E-state index contributed by atoms with van der Waals surface area (Å²) in [6.45, 7) is 5.98. The molecule has 0 saturated carbocycles. The molecule has 4 nitrogen and oxygen atoms in total. The zero-order chi connectivity index (χ0) is 13.1. The highest BCUT2D eigenvalue weighted by molar-refractivity contribution is 6.00. The van der Waals surface area contributed by atoms with Crippen LogP contribution >= 0.6 is 0 Å². The highest BCUT2D eigenvalue weighted by atomic mass is 16.5. The Balaban J connectivity index is 2.45. The number of ether oxygens (including phenoxy) is 1. The lowest BCUT2D eigenvalue weighted by atomic mass is 10.1. The number of carbonyl (C=O) groups is 1. The Morgan fingerprint density at radius 1 is 1.56 bits per heavy atom. The number of aliphatic hydroxyl groups excluding tert-OH is 1. The van der Waals surface area contributed by atoms with Gasteiger partial charge < -0.3 is 14.7 Å². The highest BCUT2D eigenvalue weighted by Gasteiger charge is 2.32. The minimum atomic E-state index is -0.433. The zero-order valence-electron chi connectivity index (χ0n) is 10.4. The van der Waals surface area contributed by atoms with Crippen molar-refractivity contribution in [3.63, 3.8) is 0 Å². The maximum Gasteiger partial charge on any atom is 0.268 e. The maximum atomic E-state index is 12.2. The number of benzene rings is 1. The minimum Gasteiger partial charge on any atom is -0.478 e. The van der Waals surface area contributed by atoms with Gasteiger partial charge in [-0.2, -0.15) is 0 Å². The first-order valence-corrected chi connectivity index (χ1v) is 6.04. The summed E-state index contributed by atoms with van der Waals surface area (Å²) in [7, 11) is 0. The molecule has 1 heterocycles. The smallest absolute Gasteiger partial charge is 0.268 e. The van der Waals surface area contributed by atoms with Gasteiger partial charge in [0.2, 0.25) is 0 Å². The van der Waals surface area contributed by atoms with Crippen LogP contribution < -0.4 is 9.64 Å². The summed E-state index contributed by atoms with van der Waals surface area (Å²) in [5, 5.41) is 9.15. The van der Waals surface area contributed by atoms with Crippen molar-refractivity contribution in [2.24, 2.45) is 0 Å². The molecule has 0 aliphatic carbocycles. The predicted octanol–water partition coefficient (Wildman–Crippen LogP) is 1.87. The number of anilines is 1. The van der Waals surface area contributed by atoms with E-state index < -0.39 is 6.10 Å². The van der Waals surface area contributed by atoms with Crippen molar-refractivity contribution >= 4 is 11.6 Å². The van der Waals surface area contributed by atoms with Crippen LogP contribution in [0.2, 0.25) is 0 Å². The SMILES string of the molecule is C=CCN1C(=O)C(CC)Oc2ccc(CO)cc21. The molecule has 96 valence electrons. The highest BCUT2D eigenvalue weighted by Crippen LogP contribution is 2.35. The molecule has 1 aliphatic rings. The van der Waals surface area contributed by atoms with Crippen molar-refractivity contribution in [1.29, 1.82) is 0 Å². The number of rotatable bonds is 4. The molecule has 0 fully saturated rings. The molecule has 1 aromatic carbocycles. The van der Waals surface area contributed by atoms with E-state index in [1.54, 1.807) is 29.2 Å². The van der Waals surface area contributed by atoms with Gasteiger partial charge in [-0.25, -0.2) is 0 Å². The van der Waals surface area contributed by atoms with Crippen molar-refractivity contribution in [3.05, 3.63) is 36.4 Å². The van der Waals surface area contributed by atoms with Crippen LogP contribution in [0, 0.1) is 0 Å². The molecule has 2 rings (SSSR count). The van der Waals surface area contributed by atoms with Gasteiger partial charge >= 0.3 is 0 Å². The van der Waals surface area contributed by atoms with Crippen molar-refractivity contribution < 1.29 is 14.6 Å². The van der Waals surface area contributed by atoms with Crippen LogP contribution in [0.5, 0.6) is 5.75 Å². The molecule has 0 radical (unpaired) electrons. The average Bonchev–Trinajstić information content (AvgIpc) is 2.41. The average molecular weight is 247 g/mol. The molecular weight excluding hydrogens is 230 g/mol. The molecule has 0 aromatic heterocycles. The Hall–Kier alpha value is -1.81. The van der Waals surface area contributed by atoms with Gasteiger partial charge in [0.25, 0.3) is 5.91 Å². The second-order valence-electron chi connectivity index (χ2n) is 4.21. The van der Waals surface area contributed by atoms with Gasteiger partial charge in [0.1, 0.15) is 5.75 Å². The summed E-state index contributed by atoms with van der Waals surface area (Å²) in [6, 6.07) is 5.38. The molecule has 1 amide bonds. The summed E-state index contributed by atoms with van der Waals surface area (Å²) < 4.78 is 5.66. The van der Waals surface area contributed by atoms with Gasteiger partial charge in [-0.1, -0.05) is 19.1 Å². The largest absolute Gasteiger partial charge is 0.478 e. The van der Waals surface area contributed by atoms with Crippen LogP contribution in [0.25, 0.3) is 0 Å². The quantitative estimate of drug-likeness (QED) is 0.826. The van der Waals surface area contributed by atoms with E-state index in [2.05, 4.69) is 6.58 Å². The van der Waals surface area contributed by atoms with Crippen LogP contribution in [0.3, 0.4) is 0 Å². The Bertz CT molecular complexity index is 470. The van der Waals surface area contributed by atoms with E-state index >= 15 is 0 Å². The lowest BCUT2D eigenvalue weighted by molar-refractivity contribution is -0.126. The Morgan fingerprint density at radius 3 is 2.94 bits per heavy atom. The molecule has 18 heavy (non-hydrogen) atoms. The van der Waals surface area contributed by atoms with Crippen LogP contribution in [-0.4, -0.2) is 23.7 Å². The predicted molar refractivity (Wildman–Crippen MR) is 69.6 cm³/mol. The molecule has 1 aromatic rings. The number of hydrogen-bond donors (Lipinski definition) is 1. The number of fused-ring (bicyclic) bond motifs is 1. The van der Waals surface area contributed by atoms with Gasteiger partial charge in [-0.05, 0) is 24.1 Å². The number of nitrogens with zero attached hydrogens (tertiary/aromatic N) is 1. The lowest BCUT2D eigenvalue weighted by Gasteiger charge is -2.33. The van der Waals surface area contributed by atoms with Gasteiger partial charge in [-0.15, -0.1) is 6.58 Å². The molecule has 1 atom stereocenters. The number of carbonyl (C=O) groups excluding carboxylic acids is 1. The van der Waals surface area contributed by atoms with Crippen LogP contribution in [-0.2, 0) is 11.4 Å². The third kappa shape index (κ3) is 2.11. The van der Waals surface area contributed by atoms with Crippen LogP contribution in [0.4, 0.5) is 5.69 Å². The first-order chi connectivity index (χ1) is 8.71. The molecule has 1 unspecified atom stereocenters. The van der Waals surface area contributed by atoms with Crippen molar-refractivity contribution in [1.82, 2.24) is 0 Å². The second kappa shape index (κ2) is 5.23. The van der Waals surface area contributed by atoms with Gasteiger partial charge in [0.15, 0.2) is 6.10 Å². The Kier molecular flexibility index (Phi) is 3.67. The molecule has 4 heteroatoms. The zero-order valence-corrected chi connectivity index (χ0v) is 10.4. The summed E-state index contributed by atoms with van der Waals surface area (Å²) in [5.41, 5.74) is 1.46. The molecule has 1 N–H and O–H groups in total. The van der Waals surface area contributed by atoms with Crippen LogP contribution in [0.1, 0.15) is 18.9 Å². The van der Waals surface area contributed by atoms with Gasteiger partial charge in [0.05, 0.1) is 12.3 Å². The fourth-order valence-corrected chi connectivity index (χ4v) is 2.04. The molecule has 1 aliphatic heterocycles. The third-order valence-electron chi connectivity index (χ3n) is 2.99. The van der Waals surface area contributed by atoms with E-state index in [0.29, 0.717) is 24.4 Å². The standard InChI is InChI=1S/C14H17NO3/c1-3-7-15-11-8-10(9-16)5-6-13(11)18-12(4-2)14(15)17/h3,5-6,8,12,16H,1,4,7,9H2,2H3. The lowest BCUT2D eigenvalue weighted by Crippen LogP contribution is -2.45. The Labute approximate surface area is 106 Å². The first-order valence-electron chi connectivity index (χ1n) is 6.04. The summed E-state index contributed by atoms with van der Waals surface area (Å²) >= 11 is 0. The van der Waals surface area contributed by atoms with Crippen molar-refractivity contribution in [2.45, 2.75) is 26.1 Å². The van der Waals surface area contributed by atoms with E-state index in [9.17, 15) is 4.79 Å². The fraction of sp³-hybridized carbons (Fsp3) is 0.357. The summed E-state index contributed by atoms with van der Waals surface area (Å²) in [6.07, 6.45) is 1.89. The van der Waals surface area contributed by atoms with E-state index in [0.717, 1.165) is 5.56 Å². The maximum absolute atomic E-state index is 12.2. The van der Waals surface area contributed by atoms with Gasteiger partial charge in [0, 0.05) is 6.54 Å². The number of hydrogen-bond acceptors (Lipinski definition) is 3.